The summed E-state index contributed by atoms with van der Waals surface area (Å²) in [5, 5.41) is 19.5. The lowest BCUT2D eigenvalue weighted by Gasteiger charge is -2.17. The zero-order valence-electron chi connectivity index (χ0n) is 12.2. The van der Waals surface area contributed by atoms with E-state index in [0.29, 0.717) is 17.2 Å². The normalized spacial score (nSPS) is 12.8. The second-order valence-electron chi connectivity index (χ2n) is 5.28. The first-order valence-corrected chi connectivity index (χ1v) is 6.67. The molecule has 1 heterocycles. The van der Waals surface area contributed by atoms with E-state index >= 15 is 0 Å². The molecule has 0 saturated heterocycles. The average molecular weight is 285 g/mol. The molecule has 110 valence electrons. The molecule has 1 atom stereocenters. The first-order chi connectivity index (χ1) is 9.90. The molecule has 1 aromatic carbocycles. The quantitative estimate of drug-likeness (QED) is 0.827. The second kappa shape index (κ2) is 6.08. The number of aliphatic hydroxyl groups is 2. The molecule has 0 saturated carbocycles. The van der Waals surface area contributed by atoms with Gasteiger partial charge in [-0.05, 0) is 43.7 Å². The van der Waals surface area contributed by atoms with Crippen molar-refractivity contribution in [2.75, 3.05) is 0 Å². The summed E-state index contributed by atoms with van der Waals surface area (Å²) in [5.41, 5.74) is 0.467. The van der Waals surface area contributed by atoms with Gasteiger partial charge in [0.2, 0.25) is 0 Å². The van der Waals surface area contributed by atoms with Gasteiger partial charge in [0.1, 0.15) is 17.6 Å². The van der Waals surface area contributed by atoms with Crippen LogP contribution < -0.4 is 4.74 Å². The van der Waals surface area contributed by atoms with Crippen molar-refractivity contribution >= 4 is 0 Å². The van der Waals surface area contributed by atoms with E-state index in [-0.39, 0.29) is 0 Å². The molecule has 21 heavy (non-hydrogen) atoms. The number of hydrogen-bond acceptors (Lipinski definition) is 4. The minimum atomic E-state index is -0.872. The molecule has 4 heteroatoms. The Bertz CT molecular complexity index is 597. The van der Waals surface area contributed by atoms with E-state index in [2.05, 4.69) is 11.6 Å². The molecule has 0 aliphatic carbocycles. The number of benzene rings is 1. The van der Waals surface area contributed by atoms with E-state index in [1.807, 2.05) is 12.1 Å². The van der Waals surface area contributed by atoms with Crippen molar-refractivity contribution in [1.29, 1.82) is 0 Å². The molecule has 0 spiro atoms. The van der Waals surface area contributed by atoms with E-state index in [0.717, 1.165) is 5.56 Å². The summed E-state index contributed by atoms with van der Waals surface area (Å²) in [7, 11) is 0. The van der Waals surface area contributed by atoms with Crippen LogP contribution in [0, 0.1) is 0 Å². The molecule has 0 fully saturated rings. The van der Waals surface area contributed by atoms with Gasteiger partial charge in [0.15, 0.2) is 0 Å². The molecule has 0 bridgehead atoms. The monoisotopic (exact) mass is 285 g/mol. The Hall–Kier alpha value is -2.17. The summed E-state index contributed by atoms with van der Waals surface area (Å²) in [4.78, 5) is 4.12. The summed E-state index contributed by atoms with van der Waals surface area (Å²) in [6, 6.07) is 10.6. The maximum absolute atomic E-state index is 9.89. The van der Waals surface area contributed by atoms with Gasteiger partial charge in [-0.25, -0.2) is 0 Å². The van der Waals surface area contributed by atoms with Crippen molar-refractivity contribution in [2.45, 2.75) is 25.6 Å². The number of pyridine rings is 1. The van der Waals surface area contributed by atoms with Crippen LogP contribution >= 0.6 is 0 Å². The Kier molecular flexibility index (Phi) is 4.40. The molecule has 0 radical (unpaired) electrons. The van der Waals surface area contributed by atoms with Crippen molar-refractivity contribution in [2.24, 2.45) is 0 Å². The van der Waals surface area contributed by atoms with E-state index in [1.54, 1.807) is 44.3 Å². The van der Waals surface area contributed by atoms with Gasteiger partial charge in [0, 0.05) is 0 Å². The fourth-order valence-electron chi connectivity index (χ4n) is 1.81. The first-order valence-electron chi connectivity index (χ1n) is 6.67. The summed E-state index contributed by atoms with van der Waals surface area (Å²) >= 11 is 0. The number of rotatable bonds is 5. The van der Waals surface area contributed by atoms with Gasteiger partial charge in [-0.3, -0.25) is 4.98 Å². The molecule has 0 aliphatic heterocycles. The number of hydrogen-bond donors (Lipinski definition) is 2. The van der Waals surface area contributed by atoms with Crippen molar-refractivity contribution in [3.8, 4) is 11.5 Å². The number of aromatic nitrogens is 1. The third-order valence-electron chi connectivity index (χ3n) is 3.08. The second-order valence-corrected chi connectivity index (χ2v) is 5.28. The lowest BCUT2D eigenvalue weighted by Crippen LogP contribution is -2.14. The van der Waals surface area contributed by atoms with E-state index in [9.17, 15) is 10.2 Å². The summed E-state index contributed by atoms with van der Waals surface area (Å²) in [6.45, 7) is 6.98. The van der Waals surface area contributed by atoms with Crippen LogP contribution in [-0.2, 0) is 5.60 Å². The van der Waals surface area contributed by atoms with Crippen LogP contribution in [-0.4, -0.2) is 15.2 Å². The van der Waals surface area contributed by atoms with Crippen LogP contribution in [0.25, 0.3) is 0 Å². The lowest BCUT2D eigenvalue weighted by atomic mass is 9.99. The highest BCUT2D eigenvalue weighted by molar-refractivity contribution is 5.34. The van der Waals surface area contributed by atoms with E-state index in [4.69, 9.17) is 4.74 Å². The maximum Gasteiger partial charge on any atom is 0.145 e. The number of aliphatic hydroxyl groups excluding tert-OH is 1. The van der Waals surface area contributed by atoms with Crippen molar-refractivity contribution < 1.29 is 14.9 Å². The molecular weight excluding hydrogens is 266 g/mol. The molecule has 2 rings (SSSR count). The first kappa shape index (κ1) is 15.2. The Balaban J connectivity index is 2.09. The summed E-state index contributed by atoms with van der Waals surface area (Å²) in [5.74, 6) is 1.23. The standard InChI is InChI=1S/C17H19NO3/c1-4-16(19)15-10-9-14(11-18-15)21-13-7-5-12(6-8-13)17(2,3)20/h4-11,16,19-20H,1H2,2-3H3. The highest BCUT2D eigenvalue weighted by Gasteiger charge is 2.15. The topological polar surface area (TPSA) is 62.6 Å². The van der Waals surface area contributed by atoms with E-state index in [1.165, 1.54) is 6.08 Å². The Morgan fingerprint density at radius 3 is 2.24 bits per heavy atom. The molecule has 2 aromatic rings. The molecule has 1 aromatic heterocycles. The van der Waals surface area contributed by atoms with Crippen molar-refractivity contribution in [1.82, 2.24) is 4.98 Å². The van der Waals surface area contributed by atoms with Crippen molar-refractivity contribution in [3.63, 3.8) is 0 Å². The van der Waals surface area contributed by atoms with Crippen molar-refractivity contribution in [3.05, 3.63) is 66.5 Å². The molecule has 0 amide bonds. The fourth-order valence-corrected chi connectivity index (χ4v) is 1.81. The number of ether oxygens (including phenoxy) is 1. The number of nitrogens with zero attached hydrogens (tertiary/aromatic N) is 1. The largest absolute Gasteiger partial charge is 0.456 e. The fraction of sp³-hybridized carbons (Fsp3) is 0.235. The van der Waals surface area contributed by atoms with Crippen LogP contribution in [0.1, 0.15) is 31.2 Å². The summed E-state index contributed by atoms with van der Waals surface area (Å²) in [6.07, 6.45) is 2.19. The predicted octanol–water partition coefficient (Wildman–Crippen LogP) is 3.32. The SMILES string of the molecule is C=CC(O)c1ccc(Oc2ccc(C(C)(C)O)cc2)cn1. The van der Waals surface area contributed by atoms with E-state index < -0.39 is 11.7 Å². The van der Waals surface area contributed by atoms with Crippen LogP contribution in [0.4, 0.5) is 0 Å². The third-order valence-corrected chi connectivity index (χ3v) is 3.08. The van der Waals surface area contributed by atoms with Gasteiger partial charge in [-0.1, -0.05) is 18.2 Å². The van der Waals surface area contributed by atoms with Crippen LogP contribution in [0.5, 0.6) is 11.5 Å². The highest BCUT2D eigenvalue weighted by atomic mass is 16.5. The van der Waals surface area contributed by atoms with Crippen LogP contribution in [0.15, 0.2) is 55.3 Å². The smallest absolute Gasteiger partial charge is 0.145 e. The van der Waals surface area contributed by atoms with Gasteiger partial charge in [-0.2, -0.15) is 0 Å². The van der Waals surface area contributed by atoms with Gasteiger partial charge in [0.05, 0.1) is 17.5 Å². The average Bonchev–Trinajstić information content (AvgIpc) is 2.47. The molecule has 4 nitrogen and oxygen atoms in total. The maximum atomic E-state index is 9.89. The predicted molar refractivity (Wildman–Crippen MR) is 81.2 cm³/mol. The Morgan fingerprint density at radius 2 is 1.76 bits per heavy atom. The Labute approximate surface area is 124 Å². The minimum Gasteiger partial charge on any atom is -0.456 e. The highest BCUT2D eigenvalue weighted by Crippen LogP contribution is 2.26. The van der Waals surface area contributed by atoms with Gasteiger partial charge in [-0.15, -0.1) is 6.58 Å². The zero-order chi connectivity index (χ0) is 15.5. The Morgan fingerprint density at radius 1 is 1.14 bits per heavy atom. The molecule has 0 aliphatic rings. The minimum absolute atomic E-state index is 0.523. The van der Waals surface area contributed by atoms with Gasteiger partial charge < -0.3 is 14.9 Å². The summed E-state index contributed by atoms with van der Waals surface area (Å²) < 4.78 is 5.66. The van der Waals surface area contributed by atoms with Crippen LogP contribution in [0.2, 0.25) is 0 Å². The van der Waals surface area contributed by atoms with Crippen LogP contribution in [0.3, 0.4) is 0 Å². The third kappa shape index (κ3) is 3.90. The molecule has 1 unspecified atom stereocenters. The molecular formula is C17H19NO3. The lowest BCUT2D eigenvalue weighted by molar-refractivity contribution is 0.0786. The van der Waals surface area contributed by atoms with Gasteiger partial charge >= 0.3 is 0 Å². The zero-order valence-corrected chi connectivity index (χ0v) is 12.2. The van der Waals surface area contributed by atoms with Gasteiger partial charge in [0.25, 0.3) is 0 Å². The molecule has 2 N–H and O–H groups in total.